The number of nitrogens with one attached hydrogen (secondary N) is 1. The van der Waals surface area contributed by atoms with E-state index in [1.165, 1.54) is 7.11 Å². The number of rotatable bonds is 8. The molecule has 0 saturated carbocycles. The highest BCUT2D eigenvalue weighted by molar-refractivity contribution is 5.98. The summed E-state index contributed by atoms with van der Waals surface area (Å²) in [5, 5.41) is 2.68. The summed E-state index contributed by atoms with van der Waals surface area (Å²) < 4.78 is 15.4. The molecule has 0 radical (unpaired) electrons. The van der Waals surface area contributed by atoms with Gasteiger partial charge < -0.3 is 19.5 Å². The number of Topliss-reactive ketones (excluding diaryl/α,β-unsaturated/α-hetero) is 1. The topological polar surface area (TPSA) is 90.9 Å². The molecule has 7 nitrogen and oxygen atoms in total. The molecule has 0 bridgehead atoms. The maximum Gasteiger partial charge on any atom is 0.305 e. The summed E-state index contributed by atoms with van der Waals surface area (Å²) in [5.41, 5.74) is 0.498. The highest BCUT2D eigenvalue weighted by atomic mass is 16.6. The molecule has 0 aromatic heterocycles. The van der Waals surface area contributed by atoms with Crippen LogP contribution >= 0.6 is 0 Å². The van der Waals surface area contributed by atoms with E-state index in [-0.39, 0.29) is 36.9 Å². The average molecular weight is 335 g/mol. The third kappa shape index (κ3) is 5.26. The van der Waals surface area contributed by atoms with Crippen molar-refractivity contribution >= 4 is 17.7 Å². The van der Waals surface area contributed by atoms with Gasteiger partial charge in [0.25, 0.3) is 0 Å². The summed E-state index contributed by atoms with van der Waals surface area (Å²) in [4.78, 5) is 34.8. The number of amides is 1. The van der Waals surface area contributed by atoms with Crippen LogP contribution in [0.3, 0.4) is 0 Å². The molecule has 130 valence electrons. The van der Waals surface area contributed by atoms with Crippen molar-refractivity contribution in [1.29, 1.82) is 0 Å². The molecule has 1 aliphatic rings. The number of hydrogen-bond acceptors (Lipinski definition) is 6. The smallest absolute Gasteiger partial charge is 0.305 e. The molecule has 24 heavy (non-hydrogen) atoms. The molecule has 1 aromatic carbocycles. The van der Waals surface area contributed by atoms with Gasteiger partial charge in [-0.05, 0) is 24.6 Å². The number of hydrogen-bond donors (Lipinski definition) is 1. The first-order valence-corrected chi connectivity index (χ1v) is 7.86. The molecule has 0 unspecified atom stereocenters. The Labute approximate surface area is 140 Å². The molecular weight excluding hydrogens is 314 g/mol. The van der Waals surface area contributed by atoms with Crippen LogP contribution in [0.15, 0.2) is 18.2 Å². The SMILES string of the molecule is COC(=O)CCCNC(=O)CCC(=O)c1ccc2c(c1)OCCO2. The quantitative estimate of drug-likeness (QED) is 0.440. The first-order chi connectivity index (χ1) is 11.6. The van der Waals surface area contributed by atoms with Crippen molar-refractivity contribution in [1.82, 2.24) is 5.32 Å². The lowest BCUT2D eigenvalue weighted by molar-refractivity contribution is -0.140. The summed E-state index contributed by atoms with van der Waals surface area (Å²) in [5.74, 6) is 0.529. The van der Waals surface area contributed by atoms with E-state index in [0.29, 0.717) is 43.2 Å². The Morgan fingerprint density at radius 3 is 2.58 bits per heavy atom. The summed E-state index contributed by atoms with van der Waals surface area (Å²) in [6, 6.07) is 5.02. The number of ketones is 1. The Balaban J connectivity index is 1.72. The van der Waals surface area contributed by atoms with E-state index >= 15 is 0 Å². The third-order valence-corrected chi connectivity index (χ3v) is 3.55. The molecule has 0 saturated heterocycles. The Morgan fingerprint density at radius 1 is 1.08 bits per heavy atom. The number of methoxy groups -OCH3 is 1. The van der Waals surface area contributed by atoms with Crippen molar-refractivity contribution in [3.8, 4) is 11.5 Å². The van der Waals surface area contributed by atoms with Crippen molar-refractivity contribution < 1.29 is 28.6 Å². The maximum atomic E-state index is 12.2. The number of carbonyl (C=O) groups excluding carboxylic acids is 3. The van der Waals surface area contributed by atoms with Gasteiger partial charge in [0, 0.05) is 31.4 Å². The van der Waals surface area contributed by atoms with E-state index in [9.17, 15) is 14.4 Å². The van der Waals surface area contributed by atoms with Gasteiger partial charge in [-0.2, -0.15) is 0 Å². The molecule has 1 N–H and O–H groups in total. The zero-order valence-corrected chi connectivity index (χ0v) is 13.6. The summed E-state index contributed by atoms with van der Waals surface area (Å²) >= 11 is 0. The third-order valence-electron chi connectivity index (χ3n) is 3.55. The molecule has 0 atom stereocenters. The van der Waals surface area contributed by atoms with Crippen LogP contribution in [0.25, 0.3) is 0 Å². The summed E-state index contributed by atoms with van der Waals surface area (Å²) in [6.45, 7) is 1.33. The largest absolute Gasteiger partial charge is 0.486 e. The lowest BCUT2D eigenvalue weighted by Crippen LogP contribution is -2.25. The van der Waals surface area contributed by atoms with Crippen LogP contribution in [0.5, 0.6) is 11.5 Å². The highest BCUT2D eigenvalue weighted by Crippen LogP contribution is 2.31. The monoisotopic (exact) mass is 335 g/mol. The molecule has 7 heteroatoms. The van der Waals surface area contributed by atoms with E-state index < -0.39 is 0 Å². The molecule has 1 heterocycles. The van der Waals surface area contributed by atoms with Gasteiger partial charge in [-0.1, -0.05) is 0 Å². The molecule has 1 aliphatic heterocycles. The Hall–Kier alpha value is -2.57. The van der Waals surface area contributed by atoms with Gasteiger partial charge >= 0.3 is 5.97 Å². The van der Waals surface area contributed by atoms with Crippen LogP contribution in [0.1, 0.15) is 36.0 Å². The first-order valence-electron chi connectivity index (χ1n) is 7.86. The van der Waals surface area contributed by atoms with Crippen LogP contribution in [0.4, 0.5) is 0 Å². The lowest BCUT2D eigenvalue weighted by Gasteiger charge is -2.18. The van der Waals surface area contributed by atoms with Crippen molar-refractivity contribution in [2.75, 3.05) is 26.9 Å². The minimum atomic E-state index is -0.307. The van der Waals surface area contributed by atoms with Gasteiger partial charge in [0.15, 0.2) is 17.3 Å². The van der Waals surface area contributed by atoms with Gasteiger partial charge in [-0.15, -0.1) is 0 Å². The molecule has 2 rings (SSSR count). The number of benzene rings is 1. The normalized spacial score (nSPS) is 12.4. The van der Waals surface area contributed by atoms with E-state index in [4.69, 9.17) is 9.47 Å². The highest BCUT2D eigenvalue weighted by Gasteiger charge is 2.15. The van der Waals surface area contributed by atoms with Crippen molar-refractivity contribution in [3.63, 3.8) is 0 Å². The van der Waals surface area contributed by atoms with E-state index in [1.807, 2.05) is 0 Å². The van der Waals surface area contributed by atoms with Gasteiger partial charge in [-0.25, -0.2) is 0 Å². The molecule has 0 aliphatic carbocycles. The van der Waals surface area contributed by atoms with Gasteiger partial charge in [0.05, 0.1) is 7.11 Å². The Bertz CT molecular complexity index is 613. The van der Waals surface area contributed by atoms with E-state index in [1.54, 1.807) is 18.2 Å². The maximum absolute atomic E-state index is 12.2. The summed E-state index contributed by atoms with van der Waals surface area (Å²) in [7, 11) is 1.32. The van der Waals surface area contributed by atoms with E-state index in [2.05, 4.69) is 10.1 Å². The fourth-order valence-electron chi connectivity index (χ4n) is 2.24. The molecule has 0 spiro atoms. The Morgan fingerprint density at radius 2 is 1.83 bits per heavy atom. The van der Waals surface area contributed by atoms with Crippen LogP contribution < -0.4 is 14.8 Å². The van der Waals surface area contributed by atoms with Gasteiger partial charge in [0.2, 0.25) is 5.91 Å². The summed E-state index contributed by atoms with van der Waals surface area (Å²) in [6.07, 6.45) is 0.982. The molecule has 0 fully saturated rings. The minimum absolute atomic E-state index is 0.103. The molecular formula is C17H21NO6. The second-order valence-electron chi connectivity index (χ2n) is 5.31. The lowest BCUT2D eigenvalue weighted by atomic mass is 10.1. The fourth-order valence-corrected chi connectivity index (χ4v) is 2.24. The van der Waals surface area contributed by atoms with Crippen LogP contribution in [0, 0.1) is 0 Å². The van der Waals surface area contributed by atoms with E-state index in [0.717, 1.165) is 0 Å². The van der Waals surface area contributed by atoms with Crippen LogP contribution in [-0.4, -0.2) is 44.5 Å². The molecule has 1 amide bonds. The van der Waals surface area contributed by atoms with Crippen LogP contribution in [0.2, 0.25) is 0 Å². The zero-order valence-electron chi connectivity index (χ0n) is 13.6. The fraction of sp³-hybridized carbons (Fsp3) is 0.471. The Kier molecular flexibility index (Phi) is 6.60. The predicted molar refractivity (Wildman–Crippen MR) is 85.3 cm³/mol. The second-order valence-corrected chi connectivity index (χ2v) is 5.31. The zero-order chi connectivity index (χ0) is 17.4. The second kappa shape index (κ2) is 8.90. The average Bonchev–Trinajstić information content (AvgIpc) is 2.62. The number of carbonyl (C=O) groups is 3. The standard InChI is InChI=1S/C17H21NO6/c1-22-17(21)3-2-8-18-16(20)7-5-13(19)12-4-6-14-15(11-12)24-10-9-23-14/h4,6,11H,2-3,5,7-10H2,1H3,(H,18,20). The van der Waals surface area contributed by atoms with Crippen molar-refractivity contribution in [2.45, 2.75) is 25.7 Å². The number of ether oxygens (including phenoxy) is 3. The predicted octanol–water partition coefficient (Wildman–Crippen LogP) is 1.49. The van der Waals surface area contributed by atoms with Crippen molar-refractivity contribution in [3.05, 3.63) is 23.8 Å². The number of esters is 1. The number of fused-ring (bicyclic) bond motifs is 1. The minimum Gasteiger partial charge on any atom is -0.486 e. The first kappa shape index (κ1) is 17.8. The van der Waals surface area contributed by atoms with Gasteiger partial charge in [0.1, 0.15) is 13.2 Å². The van der Waals surface area contributed by atoms with Crippen molar-refractivity contribution in [2.24, 2.45) is 0 Å². The van der Waals surface area contributed by atoms with Gasteiger partial charge in [-0.3, -0.25) is 14.4 Å². The molecule has 1 aromatic rings. The van der Waals surface area contributed by atoms with Crippen LogP contribution in [-0.2, 0) is 14.3 Å².